The Labute approximate surface area is 130 Å². The molecule has 1 aromatic carbocycles. The van der Waals surface area contributed by atoms with Gasteiger partial charge in [-0.3, -0.25) is 0 Å². The van der Waals surface area contributed by atoms with Crippen LogP contribution in [-0.2, 0) is 10.0 Å². The van der Waals surface area contributed by atoms with Gasteiger partial charge in [-0.05, 0) is 68.7 Å². The number of hydrogen-bond acceptors (Lipinski definition) is 3. The van der Waals surface area contributed by atoms with Gasteiger partial charge in [-0.25, -0.2) is 13.1 Å². The largest absolute Gasteiger partial charge is 0.399 e. The monoisotopic (exact) mass is 410 g/mol. The Bertz CT molecular complexity index is 562. The van der Waals surface area contributed by atoms with Crippen molar-refractivity contribution in [3.8, 4) is 0 Å². The minimum Gasteiger partial charge on any atom is -0.399 e. The van der Waals surface area contributed by atoms with Crippen LogP contribution < -0.4 is 10.5 Å². The van der Waals surface area contributed by atoms with Gasteiger partial charge in [-0.1, -0.05) is 6.92 Å². The lowest BCUT2D eigenvalue weighted by Crippen LogP contribution is -2.29. The third-order valence-electron chi connectivity index (χ3n) is 3.31. The summed E-state index contributed by atoms with van der Waals surface area (Å²) < 4.78 is 28.2. The van der Waals surface area contributed by atoms with Crippen LogP contribution in [0.25, 0.3) is 0 Å². The molecule has 4 nitrogen and oxygen atoms in total. The normalized spacial score (nSPS) is 17.4. The van der Waals surface area contributed by atoms with E-state index < -0.39 is 10.0 Å². The Balaban J connectivity index is 2.19. The first-order valence-corrected chi connectivity index (χ1v) is 9.12. The average Bonchev–Trinajstić information content (AvgIpc) is 3.07. The lowest BCUT2D eigenvalue weighted by molar-refractivity contribution is 0.491. The van der Waals surface area contributed by atoms with Crippen LogP contribution in [0.3, 0.4) is 0 Å². The molecule has 0 bridgehead atoms. The van der Waals surface area contributed by atoms with Crippen molar-refractivity contribution in [2.24, 2.45) is 11.8 Å². The summed E-state index contributed by atoms with van der Waals surface area (Å²) >= 11 is 6.51. The van der Waals surface area contributed by atoms with Crippen molar-refractivity contribution in [3.63, 3.8) is 0 Å². The number of hydrogen-bond donors (Lipinski definition) is 2. The lowest BCUT2D eigenvalue weighted by Gasteiger charge is -2.14. The maximum absolute atomic E-state index is 12.3. The van der Waals surface area contributed by atoms with Gasteiger partial charge in [0.25, 0.3) is 0 Å². The predicted octanol–water partition coefficient (Wildman–Crippen LogP) is 3.12. The highest BCUT2D eigenvalue weighted by molar-refractivity contribution is 9.11. The van der Waals surface area contributed by atoms with E-state index in [0.717, 1.165) is 0 Å². The average molecular weight is 412 g/mol. The van der Waals surface area contributed by atoms with E-state index in [9.17, 15) is 8.42 Å². The number of nitrogens with one attached hydrogen (secondary N) is 1. The van der Waals surface area contributed by atoms with E-state index in [1.54, 1.807) is 12.1 Å². The summed E-state index contributed by atoms with van der Waals surface area (Å²) in [5.74, 6) is 1.04. The molecule has 0 radical (unpaired) electrons. The fourth-order valence-electron chi connectivity index (χ4n) is 1.98. The molecule has 1 aliphatic rings. The van der Waals surface area contributed by atoms with E-state index >= 15 is 0 Å². The third-order valence-corrected chi connectivity index (χ3v) is 6.61. The van der Waals surface area contributed by atoms with Gasteiger partial charge in [-0.2, -0.15) is 0 Å². The van der Waals surface area contributed by atoms with Crippen molar-refractivity contribution in [3.05, 3.63) is 21.1 Å². The van der Waals surface area contributed by atoms with E-state index in [0.29, 0.717) is 33.0 Å². The Morgan fingerprint density at radius 3 is 2.37 bits per heavy atom. The van der Waals surface area contributed by atoms with E-state index in [2.05, 4.69) is 43.5 Å². The fraction of sp³-hybridized carbons (Fsp3) is 0.500. The second-order valence-corrected chi connectivity index (χ2v) is 8.39. The minimum absolute atomic E-state index is 0.199. The topological polar surface area (TPSA) is 72.2 Å². The Kier molecular flexibility index (Phi) is 4.59. The first-order chi connectivity index (χ1) is 8.81. The quantitative estimate of drug-likeness (QED) is 0.731. The van der Waals surface area contributed by atoms with Gasteiger partial charge >= 0.3 is 0 Å². The molecular formula is C12H16Br2N2O2S. The van der Waals surface area contributed by atoms with Gasteiger partial charge in [0, 0.05) is 21.2 Å². The number of nitrogen functional groups attached to an aromatic ring is 1. The molecule has 1 aromatic rings. The van der Waals surface area contributed by atoms with Gasteiger partial charge < -0.3 is 5.73 Å². The van der Waals surface area contributed by atoms with Gasteiger partial charge in [0.2, 0.25) is 10.0 Å². The number of nitrogens with two attached hydrogens (primary N) is 1. The van der Waals surface area contributed by atoms with Crippen molar-refractivity contribution in [1.82, 2.24) is 4.72 Å². The van der Waals surface area contributed by atoms with Crippen LogP contribution in [0.5, 0.6) is 0 Å². The Hall–Kier alpha value is -0.110. The third kappa shape index (κ3) is 3.71. The molecule has 1 aliphatic carbocycles. The summed E-state index contributed by atoms with van der Waals surface area (Å²) in [5.41, 5.74) is 6.17. The van der Waals surface area contributed by atoms with Crippen LogP contribution >= 0.6 is 31.9 Å². The summed E-state index contributed by atoms with van der Waals surface area (Å²) in [5, 5.41) is 0. The van der Waals surface area contributed by atoms with Crippen LogP contribution in [0.1, 0.15) is 19.8 Å². The number of halogens is 2. The molecule has 1 fully saturated rings. The van der Waals surface area contributed by atoms with Gasteiger partial charge in [0.15, 0.2) is 0 Å². The molecule has 0 saturated heterocycles. The summed E-state index contributed by atoms with van der Waals surface area (Å²) in [6.45, 7) is 2.55. The molecule has 1 atom stereocenters. The fourth-order valence-corrected chi connectivity index (χ4v) is 5.74. The highest BCUT2D eigenvalue weighted by Gasteiger charge is 2.29. The van der Waals surface area contributed by atoms with Crippen molar-refractivity contribution in [1.29, 1.82) is 0 Å². The highest BCUT2D eigenvalue weighted by atomic mass is 79.9. The number of rotatable bonds is 5. The number of benzene rings is 1. The number of anilines is 1. The summed E-state index contributed by atoms with van der Waals surface area (Å²) in [4.78, 5) is 0.199. The first-order valence-electron chi connectivity index (χ1n) is 6.05. The standard InChI is InChI=1S/C12H16Br2N2O2S/c1-7(8-2-3-8)6-16-19(17,18)12-10(13)4-9(15)5-11(12)14/h4-5,7-8,16H,2-3,6,15H2,1H3. The molecule has 3 N–H and O–H groups in total. The van der Waals surface area contributed by atoms with Gasteiger partial charge in [0.1, 0.15) is 4.90 Å². The molecule has 0 heterocycles. The van der Waals surface area contributed by atoms with Crippen LogP contribution in [0.15, 0.2) is 26.0 Å². The van der Waals surface area contributed by atoms with Crippen LogP contribution in [0.4, 0.5) is 5.69 Å². The lowest BCUT2D eigenvalue weighted by atomic mass is 10.1. The molecule has 0 aromatic heterocycles. The molecule has 106 valence electrons. The van der Waals surface area contributed by atoms with E-state index in [-0.39, 0.29) is 4.90 Å². The van der Waals surface area contributed by atoms with Gasteiger partial charge in [0.05, 0.1) is 0 Å². The SMILES string of the molecule is CC(CNS(=O)(=O)c1c(Br)cc(N)cc1Br)C1CC1. The van der Waals surface area contributed by atoms with Crippen LogP contribution in [-0.4, -0.2) is 15.0 Å². The molecule has 0 spiro atoms. The molecule has 0 aliphatic heterocycles. The van der Waals surface area contributed by atoms with Gasteiger partial charge in [-0.15, -0.1) is 0 Å². The Morgan fingerprint density at radius 2 is 1.89 bits per heavy atom. The Morgan fingerprint density at radius 1 is 1.37 bits per heavy atom. The minimum atomic E-state index is -3.54. The molecule has 1 saturated carbocycles. The van der Waals surface area contributed by atoms with Crippen molar-refractivity contribution in [2.75, 3.05) is 12.3 Å². The van der Waals surface area contributed by atoms with Crippen LogP contribution in [0.2, 0.25) is 0 Å². The zero-order chi connectivity index (χ0) is 14.2. The second-order valence-electron chi connectivity index (χ2n) is 4.98. The highest BCUT2D eigenvalue weighted by Crippen LogP contribution is 2.37. The van der Waals surface area contributed by atoms with Crippen molar-refractivity contribution >= 4 is 47.6 Å². The molecule has 7 heteroatoms. The molecule has 2 rings (SSSR count). The maximum atomic E-state index is 12.3. The molecule has 0 amide bonds. The molecular weight excluding hydrogens is 396 g/mol. The van der Waals surface area contributed by atoms with Crippen molar-refractivity contribution in [2.45, 2.75) is 24.7 Å². The number of sulfonamides is 1. The van der Waals surface area contributed by atoms with Crippen molar-refractivity contribution < 1.29 is 8.42 Å². The first kappa shape index (κ1) is 15.3. The van der Waals surface area contributed by atoms with E-state index in [4.69, 9.17) is 5.73 Å². The van der Waals surface area contributed by atoms with E-state index in [1.165, 1.54) is 12.8 Å². The smallest absolute Gasteiger partial charge is 0.242 e. The summed E-state index contributed by atoms with van der Waals surface area (Å²) in [6, 6.07) is 3.17. The molecule has 19 heavy (non-hydrogen) atoms. The summed E-state index contributed by atoms with van der Waals surface area (Å²) in [7, 11) is -3.54. The zero-order valence-electron chi connectivity index (χ0n) is 10.5. The van der Waals surface area contributed by atoms with Crippen LogP contribution in [0, 0.1) is 11.8 Å². The maximum Gasteiger partial charge on any atom is 0.242 e. The second kappa shape index (κ2) is 5.71. The van der Waals surface area contributed by atoms with E-state index in [1.807, 2.05) is 0 Å². The predicted molar refractivity (Wildman–Crippen MR) is 83.3 cm³/mol. The zero-order valence-corrected chi connectivity index (χ0v) is 14.5. The summed E-state index contributed by atoms with van der Waals surface area (Å²) in [6.07, 6.45) is 2.41. The molecule has 1 unspecified atom stereocenters.